The fourth-order valence-corrected chi connectivity index (χ4v) is 1.95. The molecule has 1 rings (SSSR count). The molecule has 4 heteroatoms. The second kappa shape index (κ2) is 8.29. The number of aliphatic hydroxyl groups is 3. The summed E-state index contributed by atoms with van der Waals surface area (Å²) in [5.74, 6) is 0. The molecule has 0 radical (unpaired) electrons. The van der Waals surface area contributed by atoms with Gasteiger partial charge >= 0.3 is 0 Å². The Hall–Kier alpha value is -0.840. The quantitative estimate of drug-likeness (QED) is 0.541. The van der Waals surface area contributed by atoms with Crippen LogP contribution >= 0.6 is 0 Å². The van der Waals surface area contributed by atoms with Crippen molar-refractivity contribution < 1.29 is 15.3 Å². The van der Waals surface area contributed by atoms with Gasteiger partial charge in [0.25, 0.3) is 0 Å². The number of aryl methyl sites for hydroxylation is 1. The van der Waals surface area contributed by atoms with E-state index in [1.54, 1.807) is 6.92 Å². The molecule has 1 aromatic heterocycles. The first-order valence-electron chi connectivity index (χ1n) is 6.73. The van der Waals surface area contributed by atoms with Crippen LogP contribution in [0.5, 0.6) is 0 Å². The first-order valence-corrected chi connectivity index (χ1v) is 6.73. The average molecular weight is 255 g/mol. The first kappa shape index (κ1) is 15.2. The number of hydrogen-bond acceptors (Lipinski definition) is 3. The predicted octanol–water partition coefficient (Wildman–Crippen LogP) is 1.61. The summed E-state index contributed by atoms with van der Waals surface area (Å²) in [5.41, 5.74) is 1.20. The third-order valence-corrected chi connectivity index (χ3v) is 3.18. The number of nitrogens with one attached hydrogen (secondary N) is 1. The molecule has 1 heterocycles. The Balaban J connectivity index is 2.07. The van der Waals surface area contributed by atoms with Crippen LogP contribution in [0.3, 0.4) is 0 Å². The molecule has 0 spiro atoms. The molecule has 0 saturated carbocycles. The highest BCUT2D eigenvalue weighted by Crippen LogP contribution is 2.12. The minimum absolute atomic E-state index is 0.360. The molecule has 3 atom stereocenters. The van der Waals surface area contributed by atoms with E-state index in [-0.39, 0.29) is 12.2 Å². The zero-order chi connectivity index (χ0) is 13.4. The number of aromatic nitrogens is 1. The number of aromatic amines is 1. The lowest BCUT2D eigenvalue weighted by Gasteiger charge is -2.14. The largest absolute Gasteiger partial charge is 0.393 e. The molecule has 0 aliphatic rings. The second-order valence-electron chi connectivity index (χ2n) is 5.07. The van der Waals surface area contributed by atoms with Crippen LogP contribution in [-0.4, -0.2) is 38.6 Å². The van der Waals surface area contributed by atoms with Crippen LogP contribution < -0.4 is 0 Å². The zero-order valence-electron chi connectivity index (χ0n) is 11.0. The lowest BCUT2D eigenvalue weighted by atomic mass is 10.0. The van der Waals surface area contributed by atoms with Gasteiger partial charge < -0.3 is 20.3 Å². The molecular weight excluding hydrogens is 230 g/mol. The Morgan fingerprint density at radius 3 is 2.17 bits per heavy atom. The molecule has 0 amide bonds. The summed E-state index contributed by atoms with van der Waals surface area (Å²) in [6, 6.07) is 2.00. The fraction of sp³-hybridized carbons (Fsp3) is 0.714. The Labute approximate surface area is 109 Å². The van der Waals surface area contributed by atoms with Crippen LogP contribution in [0.1, 0.15) is 44.6 Å². The van der Waals surface area contributed by atoms with E-state index in [1.807, 2.05) is 18.5 Å². The molecule has 0 aliphatic carbocycles. The summed E-state index contributed by atoms with van der Waals surface area (Å²) in [6.07, 6.45) is 6.68. The Bertz CT molecular complexity index is 298. The van der Waals surface area contributed by atoms with Gasteiger partial charge in [-0.15, -0.1) is 0 Å². The molecule has 4 N–H and O–H groups in total. The predicted molar refractivity (Wildman–Crippen MR) is 71.3 cm³/mol. The Morgan fingerprint density at radius 2 is 1.61 bits per heavy atom. The molecule has 18 heavy (non-hydrogen) atoms. The summed E-state index contributed by atoms with van der Waals surface area (Å²) < 4.78 is 0. The highest BCUT2D eigenvalue weighted by Gasteiger charge is 2.10. The van der Waals surface area contributed by atoms with Crippen molar-refractivity contribution in [3.63, 3.8) is 0 Å². The van der Waals surface area contributed by atoms with Gasteiger partial charge in [0.2, 0.25) is 0 Å². The van der Waals surface area contributed by atoms with Crippen molar-refractivity contribution in [1.82, 2.24) is 4.98 Å². The van der Waals surface area contributed by atoms with Crippen molar-refractivity contribution >= 4 is 0 Å². The van der Waals surface area contributed by atoms with Crippen molar-refractivity contribution in [3.05, 3.63) is 24.0 Å². The third kappa shape index (κ3) is 6.79. The smallest absolute Gasteiger partial charge is 0.0544 e. The van der Waals surface area contributed by atoms with Crippen molar-refractivity contribution in [2.75, 3.05) is 0 Å². The molecule has 0 fully saturated rings. The van der Waals surface area contributed by atoms with E-state index in [2.05, 4.69) is 4.98 Å². The lowest BCUT2D eigenvalue weighted by molar-refractivity contribution is 0.0898. The molecule has 0 aliphatic heterocycles. The van der Waals surface area contributed by atoms with Gasteiger partial charge in [-0.05, 0) is 57.1 Å². The summed E-state index contributed by atoms with van der Waals surface area (Å²) in [7, 11) is 0. The maximum atomic E-state index is 9.80. The summed E-state index contributed by atoms with van der Waals surface area (Å²) in [5, 5.41) is 28.6. The summed E-state index contributed by atoms with van der Waals surface area (Å²) in [4.78, 5) is 2.99. The van der Waals surface area contributed by atoms with Crippen LogP contribution in [0, 0.1) is 0 Å². The van der Waals surface area contributed by atoms with E-state index in [1.165, 1.54) is 5.56 Å². The van der Waals surface area contributed by atoms with Crippen LogP contribution in [0.4, 0.5) is 0 Å². The topological polar surface area (TPSA) is 76.5 Å². The van der Waals surface area contributed by atoms with Gasteiger partial charge in [-0.2, -0.15) is 0 Å². The van der Waals surface area contributed by atoms with Gasteiger partial charge in [0.1, 0.15) is 0 Å². The number of hydrogen-bond donors (Lipinski definition) is 4. The van der Waals surface area contributed by atoms with Crippen LogP contribution in [0.2, 0.25) is 0 Å². The van der Waals surface area contributed by atoms with Crippen LogP contribution in [0.15, 0.2) is 18.5 Å². The normalized spacial score (nSPS) is 16.4. The van der Waals surface area contributed by atoms with E-state index >= 15 is 0 Å². The van der Waals surface area contributed by atoms with E-state index < -0.39 is 6.10 Å². The number of rotatable bonds is 9. The highest BCUT2D eigenvalue weighted by molar-refractivity contribution is 5.08. The first-order chi connectivity index (χ1) is 8.58. The van der Waals surface area contributed by atoms with Crippen molar-refractivity contribution in [2.45, 2.75) is 63.8 Å². The third-order valence-electron chi connectivity index (χ3n) is 3.18. The number of aliphatic hydroxyl groups excluding tert-OH is 3. The summed E-state index contributed by atoms with van der Waals surface area (Å²) in [6.45, 7) is 1.72. The van der Waals surface area contributed by atoms with Crippen LogP contribution in [0.25, 0.3) is 0 Å². The van der Waals surface area contributed by atoms with Gasteiger partial charge in [-0.3, -0.25) is 0 Å². The zero-order valence-corrected chi connectivity index (χ0v) is 11.0. The Morgan fingerprint density at radius 1 is 1.00 bits per heavy atom. The fourth-order valence-electron chi connectivity index (χ4n) is 1.95. The minimum Gasteiger partial charge on any atom is -0.393 e. The standard InChI is InChI=1S/C14H25NO3/c1-11(16)2-4-13(17)6-7-14(18)5-3-12-8-9-15-10-12/h8-11,13-18H,2-7H2,1H3. The molecule has 0 bridgehead atoms. The minimum atomic E-state index is -0.415. The SMILES string of the molecule is CC(O)CCC(O)CCC(O)CCc1cc[nH]c1. The van der Waals surface area contributed by atoms with Crippen LogP contribution in [-0.2, 0) is 6.42 Å². The molecule has 1 aromatic rings. The molecule has 104 valence electrons. The van der Waals surface area contributed by atoms with Crippen molar-refractivity contribution in [1.29, 1.82) is 0 Å². The molecule has 0 saturated heterocycles. The van der Waals surface area contributed by atoms with E-state index in [9.17, 15) is 10.2 Å². The average Bonchev–Trinajstić information content (AvgIpc) is 2.84. The highest BCUT2D eigenvalue weighted by atomic mass is 16.3. The van der Waals surface area contributed by atoms with Gasteiger partial charge in [0.15, 0.2) is 0 Å². The van der Waals surface area contributed by atoms with Gasteiger partial charge in [-0.25, -0.2) is 0 Å². The van der Waals surface area contributed by atoms with Gasteiger partial charge in [0, 0.05) is 12.4 Å². The summed E-state index contributed by atoms with van der Waals surface area (Å²) >= 11 is 0. The molecule has 4 nitrogen and oxygen atoms in total. The molecule has 0 aromatic carbocycles. The second-order valence-corrected chi connectivity index (χ2v) is 5.07. The maximum Gasteiger partial charge on any atom is 0.0544 e. The lowest BCUT2D eigenvalue weighted by Crippen LogP contribution is -2.15. The number of H-pyrrole nitrogens is 1. The molecule has 3 unspecified atom stereocenters. The van der Waals surface area contributed by atoms with Gasteiger partial charge in [0.05, 0.1) is 18.3 Å². The Kier molecular flexibility index (Phi) is 7.01. The van der Waals surface area contributed by atoms with E-state index in [0.717, 1.165) is 12.8 Å². The van der Waals surface area contributed by atoms with Crippen molar-refractivity contribution in [3.8, 4) is 0 Å². The molecular formula is C14H25NO3. The maximum absolute atomic E-state index is 9.80. The van der Waals surface area contributed by atoms with Crippen molar-refractivity contribution in [2.24, 2.45) is 0 Å². The van der Waals surface area contributed by atoms with E-state index in [0.29, 0.717) is 25.7 Å². The van der Waals surface area contributed by atoms with Gasteiger partial charge in [-0.1, -0.05) is 0 Å². The van der Waals surface area contributed by atoms with E-state index in [4.69, 9.17) is 5.11 Å². The monoisotopic (exact) mass is 255 g/mol.